The molecule has 1 aromatic rings. The van der Waals surface area contributed by atoms with Gasteiger partial charge < -0.3 is 16.2 Å². The van der Waals surface area contributed by atoms with Gasteiger partial charge in [0.1, 0.15) is 5.75 Å². The lowest BCUT2D eigenvalue weighted by Crippen LogP contribution is -2.14. The molecule has 1 fully saturated rings. The molecule has 1 saturated carbocycles. The average Bonchev–Trinajstić information content (AvgIpc) is 3.01. The van der Waals surface area contributed by atoms with Crippen molar-refractivity contribution in [2.45, 2.75) is 25.5 Å². The molecule has 15 heavy (non-hydrogen) atoms. The second-order valence-corrected chi connectivity index (χ2v) is 3.72. The van der Waals surface area contributed by atoms with E-state index < -0.39 is 5.91 Å². The van der Waals surface area contributed by atoms with Crippen molar-refractivity contribution in [3.63, 3.8) is 0 Å². The molecule has 1 aromatic carbocycles. The number of amides is 1. The average molecular weight is 206 g/mol. The molecule has 1 aliphatic carbocycles. The monoisotopic (exact) mass is 206 g/mol. The smallest absolute Gasteiger partial charge is 0.252 e. The van der Waals surface area contributed by atoms with Crippen molar-refractivity contribution in [3.05, 3.63) is 29.3 Å². The standard InChI is InChI=1S/C11H14N2O2/c12-6-7-1-4-9(11(13)14)10(5-7)15-8-2-3-8/h1,4-5,8H,2-3,6,12H2,(H2,13,14). The first kappa shape index (κ1) is 9.98. The molecule has 4 N–H and O–H groups in total. The predicted octanol–water partition coefficient (Wildman–Crippen LogP) is 0.785. The topological polar surface area (TPSA) is 78.3 Å². The molecule has 0 spiro atoms. The molecule has 4 nitrogen and oxygen atoms in total. The molecular weight excluding hydrogens is 192 g/mol. The van der Waals surface area contributed by atoms with E-state index in [1.807, 2.05) is 0 Å². The lowest BCUT2D eigenvalue weighted by molar-refractivity contribution is 0.0996. The maximum Gasteiger partial charge on any atom is 0.252 e. The third-order valence-electron chi connectivity index (χ3n) is 2.37. The van der Waals surface area contributed by atoms with Crippen LogP contribution in [0.5, 0.6) is 5.75 Å². The van der Waals surface area contributed by atoms with Crippen molar-refractivity contribution in [1.29, 1.82) is 0 Å². The van der Waals surface area contributed by atoms with E-state index in [9.17, 15) is 4.79 Å². The molecule has 0 unspecified atom stereocenters. The summed E-state index contributed by atoms with van der Waals surface area (Å²) in [7, 11) is 0. The molecule has 2 rings (SSSR count). The van der Waals surface area contributed by atoms with E-state index in [0.717, 1.165) is 18.4 Å². The van der Waals surface area contributed by atoms with Crippen LogP contribution in [0.15, 0.2) is 18.2 Å². The number of carbonyl (C=O) groups excluding carboxylic acids is 1. The summed E-state index contributed by atoms with van der Waals surface area (Å²) in [5.74, 6) is 0.0992. The number of primary amides is 1. The summed E-state index contributed by atoms with van der Waals surface area (Å²) in [5.41, 5.74) is 12.1. The molecule has 80 valence electrons. The predicted molar refractivity (Wildman–Crippen MR) is 56.5 cm³/mol. The van der Waals surface area contributed by atoms with Gasteiger partial charge in [-0.15, -0.1) is 0 Å². The van der Waals surface area contributed by atoms with Crippen LogP contribution in [-0.2, 0) is 6.54 Å². The Hall–Kier alpha value is -1.55. The maximum atomic E-state index is 11.1. The van der Waals surface area contributed by atoms with Gasteiger partial charge in [-0.2, -0.15) is 0 Å². The van der Waals surface area contributed by atoms with E-state index in [1.165, 1.54) is 0 Å². The van der Waals surface area contributed by atoms with Crippen LogP contribution in [0.2, 0.25) is 0 Å². The van der Waals surface area contributed by atoms with Gasteiger partial charge in [-0.1, -0.05) is 6.07 Å². The summed E-state index contributed by atoms with van der Waals surface area (Å²) < 4.78 is 5.60. The second kappa shape index (κ2) is 3.90. The van der Waals surface area contributed by atoms with Crippen LogP contribution in [-0.4, -0.2) is 12.0 Å². The van der Waals surface area contributed by atoms with Crippen molar-refractivity contribution >= 4 is 5.91 Å². The largest absolute Gasteiger partial charge is 0.490 e. The number of hydrogen-bond acceptors (Lipinski definition) is 3. The SMILES string of the molecule is NCc1ccc(C(N)=O)c(OC2CC2)c1. The zero-order valence-corrected chi connectivity index (χ0v) is 8.40. The molecule has 0 heterocycles. The number of benzene rings is 1. The molecule has 0 saturated heterocycles. The highest BCUT2D eigenvalue weighted by Crippen LogP contribution is 2.29. The Bertz CT molecular complexity index is 386. The maximum absolute atomic E-state index is 11.1. The van der Waals surface area contributed by atoms with Gasteiger partial charge in [-0.25, -0.2) is 0 Å². The van der Waals surface area contributed by atoms with Gasteiger partial charge in [-0.05, 0) is 30.5 Å². The summed E-state index contributed by atoms with van der Waals surface area (Å²) in [6.45, 7) is 0.431. The molecule has 4 heteroatoms. The molecule has 0 bridgehead atoms. The minimum Gasteiger partial charge on any atom is -0.490 e. The van der Waals surface area contributed by atoms with Gasteiger partial charge in [0.2, 0.25) is 0 Å². The summed E-state index contributed by atoms with van der Waals surface area (Å²) >= 11 is 0. The van der Waals surface area contributed by atoms with E-state index in [1.54, 1.807) is 18.2 Å². The number of ether oxygens (including phenoxy) is 1. The van der Waals surface area contributed by atoms with Crippen LogP contribution in [0.25, 0.3) is 0 Å². The molecule has 1 aliphatic rings. The number of nitrogens with two attached hydrogens (primary N) is 2. The highest BCUT2D eigenvalue weighted by atomic mass is 16.5. The minimum atomic E-state index is -0.464. The van der Waals surface area contributed by atoms with Crippen LogP contribution in [0.1, 0.15) is 28.8 Å². The Morgan fingerprint density at radius 2 is 2.20 bits per heavy atom. The van der Waals surface area contributed by atoms with Crippen molar-refractivity contribution in [2.24, 2.45) is 11.5 Å². The number of hydrogen-bond donors (Lipinski definition) is 2. The fraction of sp³-hybridized carbons (Fsp3) is 0.364. The zero-order chi connectivity index (χ0) is 10.8. The third-order valence-corrected chi connectivity index (χ3v) is 2.37. The lowest BCUT2D eigenvalue weighted by Gasteiger charge is -2.09. The lowest BCUT2D eigenvalue weighted by atomic mass is 10.1. The molecule has 1 amide bonds. The molecular formula is C11H14N2O2. The van der Waals surface area contributed by atoms with Gasteiger partial charge in [0.15, 0.2) is 0 Å². The van der Waals surface area contributed by atoms with Gasteiger partial charge >= 0.3 is 0 Å². The molecule has 0 aromatic heterocycles. The fourth-order valence-corrected chi connectivity index (χ4v) is 1.36. The molecule has 0 radical (unpaired) electrons. The first-order valence-corrected chi connectivity index (χ1v) is 5.00. The Balaban J connectivity index is 2.30. The van der Waals surface area contributed by atoms with E-state index in [4.69, 9.17) is 16.2 Å². The van der Waals surface area contributed by atoms with Crippen LogP contribution in [0, 0.1) is 0 Å². The van der Waals surface area contributed by atoms with Crippen LogP contribution >= 0.6 is 0 Å². The molecule has 0 aliphatic heterocycles. The number of carbonyl (C=O) groups is 1. The Morgan fingerprint density at radius 3 is 2.73 bits per heavy atom. The first-order chi connectivity index (χ1) is 7.20. The Morgan fingerprint density at radius 1 is 1.47 bits per heavy atom. The van der Waals surface area contributed by atoms with Gasteiger partial charge in [-0.3, -0.25) is 4.79 Å². The van der Waals surface area contributed by atoms with E-state index in [-0.39, 0.29) is 6.10 Å². The van der Waals surface area contributed by atoms with Crippen molar-refractivity contribution in [1.82, 2.24) is 0 Å². The van der Waals surface area contributed by atoms with Crippen LogP contribution in [0.4, 0.5) is 0 Å². The zero-order valence-electron chi connectivity index (χ0n) is 8.40. The summed E-state index contributed by atoms with van der Waals surface area (Å²) in [5, 5.41) is 0. The van der Waals surface area contributed by atoms with Crippen molar-refractivity contribution in [2.75, 3.05) is 0 Å². The normalized spacial score (nSPS) is 15.0. The Kier molecular flexibility index (Phi) is 2.60. The van der Waals surface area contributed by atoms with E-state index in [0.29, 0.717) is 17.9 Å². The highest BCUT2D eigenvalue weighted by molar-refractivity contribution is 5.95. The van der Waals surface area contributed by atoms with Crippen LogP contribution < -0.4 is 16.2 Å². The summed E-state index contributed by atoms with van der Waals surface area (Å²) in [4.78, 5) is 11.1. The van der Waals surface area contributed by atoms with Crippen molar-refractivity contribution < 1.29 is 9.53 Å². The third kappa shape index (κ3) is 2.27. The van der Waals surface area contributed by atoms with E-state index in [2.05, 4.69) is 0 Å². The summed E-state index contributed by atoms with van der Waals surface area (Å²) in [6, 6.07) is 5.25. The van der Waals surface area contributed by atoms with Crippen molar-refractivity contribution in [3.8, 4) is 5.75 Å². The van der Waals surface area contributed by atoms with Gasteiger partial charge in [0.05, 0.1) is 11.7 Å². The highest BCUT2D eigenvalue weighted by Gasteiger charge is 2.25. The van der Waals surface area contributed by atoms with Gasteiger partial charge in [0.25, 0.3) is 5.91 Å². The van der Waals surface area contributed by atoms with Gasteiger partial charge in [0, 0.05) is 6.54 Å². The quantitative estimate of drug-likeness (QED) is 0.764. The number of rotatable bonds is 4. The van der Waals surface area contributed by atoms with Crippen LogP contribution in [0.3, 0.4) is 0 Å². The fourth-order valence-electron chi connectivity index (χ4n) is 1.36. The second-order valence-electron chi connectivity index (χ2n) is 3.72. The Labute approximate surface area is 88.2 Å². The first-order valence-electron chi connectivity index (χ1n) is 5.00. The minimum absolute atomic E-state index is 0.246. The molecule has 0 atom stereocenters. The summed E-state index contributed by atoms with van der Waals surface area (Å²) in [6.07, 6.45) is 2.34. The van der Waals surface area contributed by atoms with E-state index >= 15 is 0 Å².